The molecular weight excluding hydrogens is 216 g/mol. The summed E-state index contributed by atoms with van der Waals surface area (Å²) < 4.78 is 10.5. The van der Waals surface area contributed by atoms with Crippen molar-refractivity contribution in [1.29, 1.82) is 0 Å². The van der Waals surface area contributed by atoms with E-state index < -0.39 is 0 Å². The van der Waals surface area contributed by atoms with E-state index in [0.717, 1.165) is 6.42 Å². The Kier molecular flexibility index (Phi) is 6.56. The summed E-state index contributed by atoms with van der Waals surface area (Å²) in [7, 11) is 1.70. The van der Waals surface area contributed by atoms with Crippen LogP contribution in [0.5, 0.6) is 0 Å². The van der Waals surface area contributed by atoms with Crippen molar-refractivity contribution >= 4 is 5.97 Å². The maximum atomic E-state index is 12.0. The summed E-state index contributed by atoms with van der Waals surface area (Å²) in [6.07, 6.45) is 7.07. The molecule has 1 aliphatic carbocycles. The molecule has 0 bridgehead atoms. The van der Waals surface area contributed by atoms with Crippen LogP contribution in [0.4, 0.5) is 0 Å². The summed E-state index contributed by atoms with van der Waals surface area (Å²) in [5.41, 5.74) is 0. The first-order valence-electron chi connectivity index (χ1n) is 6.88. The van der Waals surface area contributed by atoms with Gasteiger partial charge in [-0.25, -0.2) is 0 Å². The highest BCUT2D eigenvalue weighted by molar-refractivity contribution is 5.72. The van der Waals surface area contributed by atoms with E-state index in [1.54, 1.807) is 7.11 Å². The quantitative estimate of drug-likeness (QED) is 0.671. The Labute approximate surface area is 105 Å². The molecule has 3 heteroatoms. The second-order valence-electron chi connectivity index (χ2n) is 5.04. The monoisotopic (exact) mass is 242 g/mol. The molecule has 0 aromatic heterocycles. The van der Waals surface area contributed by atoms with E-state index in [2.05, 4.69) is 0 Å². The van der Waals surface area contributed by atoms with Gasteiger partial charge in [-0.2, -0.15) is 0 Å². The molecule has 0 spiro atoms. The summed E-state index contributed by atoms with van der Waals surface area (Å²) in [6, 6.07) is 0. The highest BCUT2D eigenvalue weighted by Gasteiger charge is 2.31. The normalized spacial score (nSPS) is 20.9. The largest absolute Gasteiger partial charge is 0.466 e. The Morgan fingerprint density at radius 3 is 2.47 bits per heavy atom. The van der Waals surface area contributed by atoms with E-state index in [-0.39, 0.29) is 18.0 Å². The van der Waals surface area contributed by atoms with Crippen molar-refractivity contribution in [3.8, 4) is 0 Å². The van der Waals surface area contributed by atoms with Crippen molar-refractivity contribution in [1.82, 2.24) is 0 Å². The van der Waals surface area contributed by atoms with Crippen molar-refractivity contribution in [3.05, 3.63) is 0 Å². The third kappa shape index (κ3) is 4.66. The van der Waals surface area contributed by atoms with Gasteiger partial charge < -0.3 is 9.47 Å². The van der Waals surface area contributed by atoms with Crippen molar-refractivity contribution in [2.24, 2.45) is 11.8 Å². The molecule has 0 aromatic rings. The van der Waals surface area contributed by atoms with Crippen LogP contribution in [-0.4, -0.2) is 25.8 Å². The SMILES string of the molecule is CCOC(=O)C(CC(C)OC)C1CCCCC1. The summed E-state index contributed by atoms with van der Waals surface area (Å²) in [6.45, 7) is 4.37. The second kappa shape index (κ2) is 7.70. The van der Waals surface area contributed by atoms with Crippen LogP contribution in [0.2, 0.25) is 0 Å². The molecule has 0 aromatic carbocycles. The number of carbonyl (C=O) groups excluding carboxylic acids is 1. The number of ether oxygens (including phenoxy) is 2. The molecule has 2 atom stereocenters. The molecule has 1 rings (SSSR count). The third-order valence-corrected chi connectivity index (χ3v) is 3.80. The van der Waals surface area contributed by atoms with Crippen LogP contribution < -0.4 is 0 Å². The molecule has 3 nitrogen and oxygen atoms in total. The minimum Gasteiger partial charge on any atom is -0.466 e. The lowest BCUT2D eigenvalue weighted by Gasteiger charge is -2.30. The van der Waals surface area contributed by atoms with E-state index >= 15 is 0 Å². The molecule has 0 saturated heterocycles. The van der Waals surface area contributed by atoms with E-state index in [1.165, 1.54) is 32.1 Å². The molecule has 1 aliphatic rings. The van der Waals surface area contributed by atoms with Gasteiger partial charge in [0.1, 0.15) is 0 Å². The number of rotatable bonds is 6. The number of methoxy groups -OCH3 is 1. The van der Waals surface area contributed by atoms with E-state index in [0.29, 0.717) is 12.5 Å². The fourth-order valence-electron chi connectivity index (χ4n) is 2.72. The van der Waals surface area contributed by atoms with Crippen LogP contribution in [0.15, 0.2) is 0 Å². The van der Waals surface area contributed by atoms with Crippen molar-refractivity contribution < 1.29 is 14.3 Å². The van der Waals surface area contributed by atoms with Crippen LogP contribution in [0.25, 0.3) is 0 Å². The number of carbonyl (C=O) groups is 1. The molecule has 0 aliphatic heterocycles. The van der Waals surface area contributed by atoms with Crippen LogP contribution in [-0.2, 0) is 14.3 Å². The van der Waals surface area contributed by atoms with Crippen molar-refractivity contribution in [2.45, 2.75) is 58.5 Å². The maximum absolute atomic E-state index is 12.0. The number of esters is 1. The zero-order valence-electron chi connectivity index (χ0n) is 11.4. The van der Waals surface area contributed by atoms with Gasteiger partial charge in [0, 0.05) is 7.11 Å². The minimum atomic E-state index is -0.0247. The first-order chi connectivity index (χ1) is 8.19. The Hall–Kier alpha value is -0.570. The first kappa shape index (κ1) is 14.5. The second-order valence-corrected chi connectivity index (χ2v) is 5.04. The van der Waals surface area contributed by atoms with Gasteiger partial charge in [0.15, 0.2) is 0 Å². The summed E-state index contributed by atoms with van der Waals surface area (Å²) in [5, 5.41) is 0. The Morgan fingerprint density at radius 2 is 1.94 bits per heavy atom. The highest BCUT2D eigenvalue weighted by atomic mass is 16.5. The fraction of sp³-hybridized carbons (Fsp3) is 0.929. The van der Waals surface area contributed by atoms with Crippen LogP contribution in [0.3, 0.4) is 0 Å². The van der Waals surface area contributed by atoms with Gasteiger partial charge in [-0.3, -0.25) is 4.79 Å². The lowest BCUT2D eigenvalue weighted by Crippen LogP contribution is -2.30. The number of hydrogen-bond acceptors (Lipinski definition) is 3. The molecule has 100 valence electrons. The summed E-state index contributed by atoms with van der Waals surface area (Å²) >= 11 is 0. The Balaban J connectivity index is 2.59. The van der Waals surface area contributed by atoms with Crippen LogP contribution >= 0.6 is 0 Å². The zero-order chi connectivity index (χ0) is 12.7. The summed E-state index contributed by atoms with van der Waals surface area (Å²) in [4.78, 5) is 12.0. The first-order valence-corrected chi connectivity index (χ1v) is 6.88. The van der Waals surface area contributed by atoms with Gasteiger partial charge in [0.2, 0.25) is 0 Å². The highest BCUT2D eigenvalue weighted by Crippen LogP contribution is 2.33. The molecule has 0 heterocycles. The summed E-state index contributed by atoms with van der Waals surface area (Å²) in [5.74, 6) is 0.508. The average Bonchev–Trinajstić information content (AvgIpc) is 2.36. The van der Waals surface area contributed by atoms with Crippen molar-refractivity contribution in [3.63, 3.8) is 0 Å². The Morgan fingerprint density at radius 1 is 1.29 bits per heavy atom. The van der Waals surface area contributed by atoms with Gasteiger partial charge in [-0.1, -0.05) is 19.3 Å². The average molecular weight is 242 g/mol. The lowest BCUT2D eigenvalue weighted by molar-refractivity contribution is -0.152. The smallest absolute Gasteiger partial charge is 0.309 e. The zero-order valence-corrected chi connectivity index (χ0v) is 11.4. The molecule has 1 fully saturated rings. The molecule has 0 N–H and O–H groups in total. The molecule has 2 unspecified atom stereocenters. The van der Waals surface area contributed by atoms with Crippen LogP contribution in [0, 0.1) is 11.8 Å². The topological polar surface area (TPSA) is 35.5 Å². The van der Waals surface area contributed by atoms with Crippen molar-refractivity contribution in [2.75, 3.05) is 13.7 Å². The van der Waals surface area contributed by atoms with E-state index in [4.69, 9.17) is 9.47 Å². The van der Waals surface area contributed by atoms with Gasteiger partial charge in [-0.05, 0) is 39.0 Å². The van der Waals surface area contributed by atoms with Crippen LogP contribution in [0.1, 0.15) is 52.4 Å². The molecule has 17 heavy (non-hydrogen) atoms. The van der Waals surface area contributed by atoms with Gasteiger partial charge in [0.25, 0.3) is 0 Å². The maximum Gasteiger partial charge on any atom is 0.309 e. The van der Waals surface area contributed by atoms with E-state index in [9.17, 15) is 4.79 Å². The third-order valence-electron chi connectivity index (χ3n) is 3.80. The van der Waals surface area contributed by atoms with Gasteiger partial charge in [0.05, 0.1) is 18.6 Å². The van der Waals surface area contributed by atoms with E-state index in [1.807, 2.05) is 13.8 Å². The predicted octanol–water partition coefficient (Wildman–Crippen LogP) is 3.17. The molecular formula is C14H26O3. The number of hydrogen-bond donors (Lipinski definition) is 0. The predicted molar refractivity (Wildman–Crippen MR) is 67.8 cm³/mol. The molecule has 0 amide bonds. The standard InChI is InChI=1S/C14H26O3/c1-4-17-14(15)13(10-11(2)16-3)12-8-6-5-7-9-12/h11-13H,4-10H2,1-3H3. The van der Waals surface area contributed by atoms with Gasteiger partial charge in [-0.15, -0.1) is 0 Å². The Bertz CT molecular complexity index is 222. The fourth-order valence-corrected chi connectivity index (χ4v) is 2.72. The molecule has 0 radical (unpaired) electrons. The molecule has 1 saturated carbocycles. The van der Waals surface area contributed by atoms with Gasteiger partial charge >= 0.3 is 5.97 Å². The lowest BCUT2D eigenvalue weighted by atomic mass is 9.78. The minimum absolute atomic E-state index is 0.0247.